The van der Waals surface area contributed by atoms with Gasteiger partial charge in [0, 0.05) is 5.56 Å². The van der Waals surface area contributed by atoms with Gasteiger partial charge < -0.3 is 4.98 Å². The van der Waals surface area contributed by atoms with Gasteiger partial charge in [-0.25, -0.2) is 9.37 Å². The lowest BCUT2D eigenvalue weighted by atomic mass is 10.2. The van der Waals surface area contributed by atoms with E-state index in [0.29, 0.717) is 0 Å². The lowest BCUT2D eigenvalue weighted by Crippen LogP contribution is -1.80. The van der Waals surface area contributed by atoms with Gasteiger partial charge in [0.25, 0.3) is 0 Å². The number of imidazole rings is 1. The largest absolute Gasteiger partial charge is 0.338 e. The first-order valence-electron chi connectivity index (χ1n) is 5.03. The second kappa shape index (κ2) is 4.55. The highest BCUT2D eigenvalue weighted by atomic mass is 35.5. The van der Waals surface area contributed by atoms with Gasteiger partial charge in [0.1, 0.15) is 11.6 Å². The average molecular weight is 249 g/mol. The van der Waals surface area contributed by atoms with Gasteiger partial charge in [-0.1, -0.05) is 12.1 Å². The van der Waals surface area contributed by atoms with E-state index in [1.54, 1.807) is 12.1 Å². The van der Waals surface area contributed by atoms with Crippen LogP contribution in [0.1, 0.15) is 0 Å². The van der Waals surface area contributed by atoms with E-state index >= 15 is 0 Å². The summed E-state index contributed by atoms with van der Waals surface area (Å²) in [7, 11) is 0. The summed E-state index contributed by atoms with van der Waals surface area (Å²) in [6.07, 6.45) is 0. The Bertz CT molecular complexity index is 598. The Hall–Kier alpha value is -1.87. The molecule has 0 amide bonds. The van der Waals surface area contributed by atoms with E-state index in [1.165, 1.54) is 12.1 Å². The van der Waals surface area contributed by atoms with E-state index in [2.05, 4.69) is 9.97 Å². The number of aromatic nitrogens is 2. The molecule has 1 N–H and O–H groups in total. The molecule has 2 nitrogen and oxygen atoms in total. The van der Waals surface area contributed by atoms with Crippen molar-refractivity contribution in [3.8, 4) is 11.4 Å². The van der Waals surface area contributed by atoms with Crippen molar-refractivity contribution in [1.29, 1.82) is 0 Å². The zero-order valence-electron chi connectivity index (χ0n) is 8.85. The van der Waals surface area contributed by atoms with E-state index in [4.69, 9.17) is 0 Å². The Morgan fingerprint density at radius 2 is 1.65 bits per heavy atom. The van der Waals surface area contributed by atoms with Crippen LogP contribution in [0.3, 0.4) is 0 Å². The number of para-hydroxylation sites is 2. The smallest absolute Gasteiger partial charge is 0.138 e. The van der Waals surface area contributed by atoms with Crippen LogP contribution in [0.2, 0.25) is 0 Å². The molecule has 0 radical (unpaired) electrons. The molecule has 0 aliphatic heterocycles. The number of rotatable bonds is 1. The molecule has 0 aliphatic rings. The first-order chi connectivity index (χ1) is 7.83. The molecule has 0 aliphatic carbocycles. The quantitative estimate of drug-likeness (QED) is 0.697. The predicted molar refractivity (Wildman–Crippen MR) is 68.7 cm³/mol. The van der Waals surface area contributed by atoms with E-state index in [0.717, 1.165) is 22.4 Å². The van der Waals surface area contributed by atoms with E-state index in [9.17, 15) is 4.39 Å². The second-order valence-electron chi connectivity index (χ2n) is 3.61. The summed E-state index contributed by atoms with van der Waals surface area (Å²) >= 11 is 0. The van der Waals surface area contributed by atoms with Crippen LogP contribution in [0.5, 0.6) is 0 Å². The van der Waals surface area contributed by atoms with Crippen LogP contribution in [0.25, 0.3) is 22.4 Å². The molecule has 3 rings (SSSR count). The fourth-order valence-corrected chi connectivity index (χ4v) is 1.70. The summed E-state index contributed by atoms with van der Waals surface area (Å²) in [5.41, 5.74) is 2.79. The Morgan fingerprint density at radius 1 is 0.941 bits per heavy atom. The molecule has 86 valence electrons. The summed E-state index contributed by atoms with van der Waals surface area (Å²) in [5.74, 6) is 0.529. The number of nitrogens with zero attached hydrogens (tertiary/aromatic N) is 1. The Morgan fingerprint density at radius 3 is 2.35 bits per heavy atom. The summed E-state index contributed by atoms with van der Waals surface area (Å²) in [6.45, 7) is 0. The number of hydrogen-bond donors (Lipinski definition) is 1. The van der Waals surface area contributed by atoms with Crippen molar-refractivity contribution in [2.45, 2.75) is 0 Å². The molecule has 0 saturated heterocycles. The van der Waals surface area contributed by atoms with Gasteiger partial charge in [-0.3, -0.25) is 0 Å². The molecule has 3 aromatic rings. The second-order valence-corrected chi connectivity index (χ2v) is 3.61. The molecular weight excluding hydrogens is 239 g/mol. The van der Waals surface area contributed by atoms with Crippen molar-refractivity contribution >= 4 is 23.4 Å². The third-order valence-corrected chi connectivity index (χ3v) is 2.51. The minimum atomic E-state index is -0.236. The third-order valence-electron chi connectivity index (χ3n) is 2.51. The van der Waals surface area contributed by atoms with Crippen LogP contribution < -0.4 is 0 Å². The van der Waals surface area contributed by atoms with Gasteiger partial charge in [0.2, 0.25) is 0 Å². The molecule has 0 atom stereocenters. The molecule has 0 fully saturated rings. The first-order valence-corrected chi connectivity index (χ1v) is 5.03. The molecule has 0 bridgehead atoms. The highest BCUT2D eigenvalue weighted by Gasteiger charge is 2.04. The average Bonchev–Trinajstić information content (AvgIpc) is 2.73. The molecule has 0 unspecified atom stereocenters. The van der Waals surface area contributed by atoms with Gasteiger partial charge in [0.15, 0.2) is 0 Å². The summed E-state index contributed by atoms with van der Waals surface area (Å²) < 4.78 is 12.8. The van der Waals surface area contributed by atoms with Gasteiger partial charge in [0.05, 0.1) is 11.0 Å². The van der Waals surface area contributed by atoms with Crippen molar-refractivity contribution in [2.24, 2.45) is 0 Å². The monoisotopic (exact) mass is 248 g/mol. The number of halogens is 2. The zero-order valence-corrected chi connectivity index (χ0v) is 9.67. The SMILES string of the molecule is Cl.Fc1ccc(-c2nc3ccccc3[nH]2)cc1. The number of aromatic amines is 1. The van der Waals surface area contributed by atoms with E-state index < -0.39 is 0 Å². The number of fused-ring (bicyclic) bond motifs is 1. The normalized spacial score (nSPS) is 10.2. The van der Waals surface area contributed by atoms with Crippen LogP contribution in [0.4, 0.5) is 4.39 Å². The molecule has 1 aromatic heterocycles. The summed E-state index contributed by atoms with van der Waals surface area (Å²) in [6, 6.07) is 14.1. The van der Waals surface area contributed by atoms with E-state index in [1.807, 2.05) is 24.3 Å². The Labute approximate surface area is 104 Å². The van der Waals surface area contributed by atoms with Gasteiger partial charge in [-0.2, -0.15) is 0 Å². The van der Waals surface area contributed by atoms with E-state index in [-0.39, 0.29) is 18.2 Å². The summed E-state index contributed by atoms with van der Waals surface area (Å²) in [4.78, 5) is 7.63. The summed E-state index contributed by atoms with van der Waals surface area (Å²) in [5, 5.41) is 0. The lowest BCUT2D eigenvalue weighted by Gasteiger charge is -1.94. The maximum Gasteiger partial charge on any atom is 0.138 e. The highest BCUT2D eigenvalue weighted by Crippen LogP contribution is 2.20. The van der Waals surface area contributed by atoms with Gasteiger partial charge in [-0.05, 0) is 36.4 Å². The highest BCUT2D eigenvalue weighted by molar-refractivity contribution is 5.85. The van der Waals surface area contributed by atoms with Crippen molar-refractivity contribution in [1.82, 2.24) is 9.97 Å². The Kier molecular flexibility index (Phi) is 3.11. The molecule has 0 spiro atoms. The maximum absolute atomic E-state index is 12.8. The maximum atomic E-state index is 12.8. The van der Waals surface area contributed by atoms with Crippen LogP contribution in [-0.4, -0.2) is 9.97 Å². The van der Waals surface area contributed by atoms with Crippen LogP contribution in [0.15, 0.2) is 48.5 Å². The van der Waals surface area contributed by atoms with Crippen LogP contribution in [-0.2, 0) is 0 Å². The number of hydrogen-bond acceptors (Lipinski definition) is 1. The minimum absolute atomic E-state index is 0. The molecule has 2 aromatic carbocycles. The zero-order chi connectivity index (χ0) is 11.0. The lowest BCUT2D eigenvalue weighted by molar-refractivity contribution is 0.628. The van der Waals surface area contributed by atoms with Crippen molar-refractivity contribution in [3.63, 3.8) is 0 Å². The topological polar surface area (TPSA) is 28.7 Å². The van der Waals surface area contributed by atoms with Crippen LogP contribution >= 0.6 is 12.4 Å². The molecule has 4 heteroatoms. The van der Waals surface area contributed by atoms with Gasteiger partial charge in [-0.15, -0.1) is 12.4 Å². The molecular formula is C13H10ClFN2. The third kappa shape index (κ3) is 2.15. The fourth-order valence-electron chi connectivity index (χ4n) is 1.70. The van der Waals surface area contributed by atoms with Crippen molar-refractivity contribution < 1.29 is 4.39 Å². The van der Waals surface area contributed by atoms with Crippen molar-refractivity contribution in [3.05, 3.63) is 54.3 Å². The van der Waals surface area contributed by atoms with Crippen molar-refractivity contribution in [2.75, 3.05) is 0 Å². The molecule has 0 saturated carbocycles. The minimum Gasteiger partial charge on any atom is -0.338 e. The fraction of sp³-hybridized carbons (Fsp3) is 0. The standard InChI is InChI=1S/C13H9FN2.ClH/c14-10-7-5-9(6-8-10)13-15-11-3-1-2-4-12(11)16-13;/h1-8H,(H,15,16);1H. The number of benzene rings is 2. The van der Waals surface area contributed by atoms with Crippen LogP contribution in [0, 0.1) is 5.82 Å². The Balaban J connectivity index is 0.00000108. The first kappa shape index (κ1) is 11.6. The predicted octanol–water partition coefficient (Wildman–Crippen LogP) is 3.79. The molecule has 17 heavy (non-hydrogen) atoms. The molecule has 1 heterocycles. The number of nitrogens with one attached hydrogen (secondary N) is 1. The number of H-pyrrole nitrogens is 1. The van der Waals surface area contributed by atoms with Gasteiger partial charge >= 0.3 is 0 Å².